The molecular weight excluding hydrogens is 192 g/mol. The molecule has 13 heavy (non-hydrogen) atoms. The van der Waals surface area contributed by atoms with Crippen LogP contribution in [-0.2, 0) is 4.79 Å². The van der Waals surface area contributed by atoms with Gasteiger partial charge in [-0.15, -0.1) is 0 Å². The molecule has 0 heterocycles. The van der Waals surface area contributed by atoms with E-state index in [0.717, 1.165) is 0 Å². The lowest BCUT2D eigenvalue weighted by atomic mass is 10.0. The van der Waals surface area contributed by atoms with Crippen molar-refractivity contribution in [1.82, 2.24) is 0 Å². The molecular formula is C9H9ClO3. The monoisotopic (exact) mass is 200 g/mol. The second kappa shape index (κ2) is 4.25. The molecule has 1 aromatic carbocycles. The molecule has 1 aromatic rings. The van der Waals surface area contributed by atoms with Crippen molar-refractivity contribution < 1.29 is 15.0 Å². The van der Waals surface area contributed by atoms with Gasteiger partial charge in [0, 0.05) is 5.02 Å². The molecule has 0 spiro atoms. The molecule has 0 radical (unpaired) electrons. The number of carboxylic acid groups (broad SMARTS) is 1. The molecule has 0 saturated heterocycles. The first-order chi connectivity index (χ1) is 6.16. The van der Waals surface area contributed by atoms with Crippen LogP contribution in [-0.4, -0.2) is 22.8 Å². The van der Waals surface area contributed by atoms with Gasteiger partial charge in [-0.05, 0) is 11.6 Å². The normalized spacial score (nSPS) is 12.5. The van der Waals surface area contributed by atoms with Gasteiger partial charge in [-0.3, -0.25) is 4.79 Å². The van der Waals surface area contributed by atoms with E-state index in [1.165, 1.54) is 0 Å². The lowest BCUT2D eigenvalue weighted by Gasteiger charge is -2.10. The summed E-state index contributed by atoms with van der Waals surface area (Å²) in [6.45, 7) is -0.445. The molecule has 4 heteroatoms. The number of aliphatic carboxylic acids is 1. The van der Waals surface area contributed by atoms with Gasteiger partial charge in [0.05, 0.1) is 6.61 Å². The fourth-order valence-electron chi connectivity index (χ4n) is 1.07. The zero-order valence-corrected chi connectivity index (χ0v) is 7.53. The maximum atomic E-state index is 10.7. The minimum absolute atomic E-state index is 0.365. The summed E-state index contributed by atoms with van der Waals surface area (Å²) in [5.41, 5.74) is 0.444. The Morgan fingerprint density at radius 2 is 2.08 bits per heavy atom. The zero-order chi connectivity index (χ0) is 9.84. The van der Waals surface area contributed by atoms with Gasteiger partial charge >= 0.3 is 5.97 Å². The third kappa shape index (κ3) is 2.20. The van der Waals surface area contributed by atoms with Crippen molar-refractivity contribution in [2.45, 2.75) is 5.92 Å². The van der Waals surface area contributed by atoms with Crippen LogP contribution in [0.15, 0.2) is 24.3 Å². The quantitative estimate of drug-likeness (QED) is 0.778. The van der Waals surface area contributed by atoms with E-state index in [-0.39, 0.29) is 0 Å². The molecule has 0 aliphatic rings. The fourth-order valence-corrected chi connectivity index (χ4v) is 1.33. The van der Waals surface area contributed by atoms with Crippen LogP contribution in [0.2, 0.25) is 5.02 Å². The Morgan fingerprint density at radius 1 is 1.46 bits per heavy atom. The lowest BCUT2D eigenvalue weighted by Crippen LogP contribution is -2.15. The number of rotatable bonds is 3. The van der Waals surface area contributed by atoms with Crippen molar-refractivity contribution in [3.63, 3.8) is 0 Å². The van der Waals surface area contributed by atoms with E-state index in [0.29, 0.717) is 10.6 Å². The van der Waals surface area contributed by atoms with E-state index < -0.39 is 18.5 Å². The SMILES string of the molecule is O=C(O)[C@@H](CO)c1ccccc1Cl. The molecule has 0 aromatic heterocycles. The zero-order valence-electron chi connectivity index (χ0n) is 6.77. The molecule has 1 atom stereocenters. The minimum Gasteiger partial charge on any atom is -0.481 e. The molecule has 0 unspecified atom stereocenters. The Hall–Kier alpha value is -1.06. The highest BCUT2D eigenvalue weighted by atomic mass is 35.5. The first-order valence-corrected chi connectivity index (χ1v) is 4.12. The molecule has 2 N–H and O–H groups in total. The predicted molar refractivity (Wildman–Crippen MR) is 48.9 cm³/mol. The van der Waals surface area contributed by atoms with E-state index in [1.807, 2.05) is 0 Å². The van der Waals surface area contributed by atoms with Gasteiger partial charge in [-0.2, -0.15) is 0 Å². The summed E-state index contributed by atoms with van der Waals surface area (Å²) < 4.78 is 0. The van der Waals surface area contributed by atoms with Crippen molar-refractivity contribution in [2.75, 3.05) is 6.61 Å². The molecule has 0 aliphatic heterocycles. The summed E-state index contributed by atoms with van der Waals surface area (Å²) >= 11 is 5.77. The predicted octanol–water partition coefficient (Wildman–Crippen LogP) is 1.50. The second-order valence-electron chi connectivity index (χ2n) is 2.59. The van der Waals surface area contributed by atoms with Gasteiger partial charge in [0.15, 0.2) is 0 Å². The van der Waals surface area contributed by atoms with Crippen LogP contribution in [0.1, 0.15) is 11.5 Å². The number of benzene rings is 1. The lowest BCUT2D eigenvalue weighted by molar-refractivity contribution is -0.139. The molecule has 0 fully saturated rings. The Labute approximate surface area is 80.6 Å². The van der Waals surface area contributed by atoms with Crippen LogP contribution in [0.5, 0.6) is 0 Å². The summed E-state index contributed by atoms with van der Waals surface area (Å²) in [7, 11) is 0. The summed E-state index contributed by atoms with van der Waals surface area (Å²) in [6.07, 6.45) is 0. The Bertz CT molecular complexity index is 311. The second-order valence-corrected chi connectivity index (χ2v) is 3.00. The third-order valence-corrected chi connectivity index (χ3v) is 2.11. The van der Waals surface area contributed by atoms with Crippen LogP contribution in [0.3, 0.4) is 0 Å². The number of hydrogen-bond acceptors (Lipinski definition) is 2. The van der Waals surface area contributed by atoms with Crippen molar-refractivity contribution >= 4 is 17.6 Å². The average Bonchev–Trinajstić information content (AvgIpc) is 2.09. The van der Waals surface area contributed by atoms with Crippen molar-refractivity contribution in [2.24, 2.45) is 0 Å². The van der Waals surface area contributed by atoms with Crippen LogP contribution in [0.25, 0.3) is 0 Å². The number of aliphatic hydroxyl groups excluding tert-OH is 1. The summed E-state index contributed by atoms with van der Waals surface area (Å²) in [5.74, 6) is -2.01. The fraction of sp³-hybridized carbons (Fsp3) is 0.222. The molecule has 0 saturated carbocycles. The summed E-state index contributed by atoms with van der Waals surface area (Å²) in [4.78, 5) is 10.7. The highest BCUT2D eigenvalue weighted by Gasteiger charge is 2.20. The standard InChI is InChI=1S/C9H9ClO3/c10-8-4-2-1-3-6(8)7(5-11)9(12)13/h1-4,7,11H,5H2,(H,12,13)/t7-/m0/s1. The van der Waals surface area contributed by atoms with Crippen LogP contribution in [0.4, 0.5) is 0 Å². The van der Waals surface area contributed by atoms with Gasteiger partial charge in [0.25, 0.3) is 0 Å². The summed E-state index contributed by atoms with van der Waals surface area (Å²) in [6, 6.07) is 6.59. The first kappa shape index (κ1) is 10.0. The van der Waals surface area contributed by atoms with Crippen molar-refractivity contribution in [3.05, 3.63) is 34.9 Å². The number of carbonyl (C=O) groups is 1. The number of halogens is 1. The molecule has 1 rings (SSSR count). The smallest absolute Gasteiger partial charge is 0.313 e. The minimum atomic E-state index is -1.07. The number of hydrogen-bond donors (Lipinski definition) is 2. The highest BCUT2D eigenvalue weighted by Crippen LogP contribution is 2.23. The van der Waals surface area contributed by atoms with Crippen molar-refractivity contribution in [3.8, 4) is 0 Å². The maximum Gasteiger partial charge on any atom is 0.313 e. The van der Waals surface area contributed by atoms with Gasteiger partial charge in [0.2, 0.25) is 0 Å². The van der Waals surface area contributed by atoms with Gasteiger partial charge in [-0.25, -0.2) is 0 Å². The number of carboxylic acids is 1. The largest absolute Gasteiger partial charge is 0.481 e. The van der Waals surface area contributed by atoms with E-state index in [4.69, 9.17) is 21.8 Å². The average molecular weight is 201 g/mol. The van der Waals surface area contributed by atoms with E-state index >= 15 is 0 Å². The number of aliphatic hydroxyl groups is 1. The molecule has 70 valence electrons. The van der Waals surface area contributed by atoms with Crippen molar-refractivity contribution in [1.29, 1.82) is 0 Å². The van der Waals surface area contributed by atoms with Gasteiger partial charge < -0.3 is 10.2 Å². The maximum absolute atomic E-state index is 10.7. The Kier molecular flexibility index (Phi) is 3.28. The summed E-state index contributed by atoms with van der Waals surface area (Å²) in [5, 5.41) is 17.9. The highest BCUT2D eigenvalue weighted by molar-refractivity contribution is 6.31. The first-order valence-electron chi connectivity index (χ1n) is 3.75. The van der Waals surface area contributed by atoms with Gasteiger partial charge in [0.1, 0.15) is 5.92 Å². The van der Waals surface area contributed by atoms with E-state index in [1.54, 1.807) is 24.3 Å². The van der Waals surface area contributed by atoms with Crippen LogP contribution < -0.4 is 0 Å². The molecule has 0 aliphatic carbocycles. The van der Waals surface area contributed by atoms with E-state index in [9.17, 15) is 4.79 Å². The molecule has 3 nitrogen and oxygen atoms in total. The van der Waals surface area contributed by atoms with Gasteiger partial charge in [-0.1, -0.05) is 29.8 Å². The van der Waals surface area contributed by atoms with Crippen LogP contribution >= 0.6 is 11.6 Å². The third-order valence-electron chi connectivity index (χ3n) is 1.76. The van der Waals surface area contributed by atoms with Crippen LogP contribution in [0, 0.1) is 0 Å². The Morgan fingerprint density at radius 3 is 2.54 bits per heavy atom. The Balaban J connectivity index is 3.04. The molecule has 0 amide bonds. The molecule has 0 bridgehead atoms. The topological polar surface area (TPSA) is 57.5 Å². The van der Waals surface area contributed by atoms with E-state index in [2.05, 4.69) is 0 Å².